The molecule has 0 fully saturated rings. The molecule has 2 aromatic rings. The van der Waals surface area contributed by atoms with E-state index in [9.17, 15) is 5.11 Å². The lowest BCUT2D eigenvalue weighted by atomic mass is 10.2. The maximum absolute atomic E-state index is 9.64. The molecular weight excluding hydrogens is 273 g/mol. The van der Waals surface area contributed by atoms with Crippen LogP contribution in [0.15, 0.2) is 24.4 Å². The zero-order valence-corrected chi connectivity index (χ0v) is 11.4. The van der Waals surface area contributed by atoms with Crippen LogP contribution < -0.4 is 0 Å². The second kappa shape index (κ2) is 5.69. The van der Waals surface area contributed by atoms with Gasteiger partial charge >= 0.3 is 0 Å². The third-order valence-electron chi connectivity index (χ3n) is 2.63. The summed E-state index contributed by atoms with van der Waals surface area (Å²) in [5.41, 5.74) is 1.48. The molecule has 1 N–H and O–H groups in total. The molecule has 6 heteroatoms. The van der Waals surface area contributed by atoms with Crippen molar-refractivity contribution in [3.05, 3.63) is 45.7 Å². The number of nitrogens with zero attached hydrogens (tertiary/aromatic N) is 3. The van der Waals surface area contributed by atoms with Crippen molar-refractivity contribution in [1.82, 2.24) is 15.0 Å². The molecule has 96 valence electrons. The second-order valence-corrected chi connectivity index (χ2v) is 4.84. The summed E-state index contributed by atoms with van der Waals surface area (Å²) in [6.45, 7) is 2.39. The molecule has 1 atom stereocenters. The fraction of sp³-hybridized carbons (Fsp3) is 0.333. The van der Waals surface area contributed by atoms with Gasteiger partial charge in [-0.2, -0.15) is 0 Å². The predicted molar refractivity (Wildman–Crippen MR) is 70.8 cm³/mol. The predicted octanol–water partition coefficient (Wildman–Crippen LogP) is 3.08. The highest BCUT2D eigenvalue weighted by molar-refractivity contribution is 6.35. The number of aromatic nitrogens is 3. The molecule has 2 rings (SSSR count). The minimum Gasteiger partial charge on any atom is -0.387 e. The smallest absolute Gasteiger partial charge is 0.111 e. The first-order valence-electron chi connectivity index (χ1n) is 5.62. The summed E-state index contributed by atoms with van der Waals surface area (Å²) < 4.78 is 1.64. The van der Waals surface area contributed by atoms with E-state index in [1.165, 1.54) is 0 Å². The van der Waals surface area contributed by atoms with Gasteiger partial charge in [-0.3, -0.25) is 0 Å². The number of aliphatic hydroxyl groups is 1. The van der Waals surface area contributed by atoms with E-state index < -0.39 is 6.10 Å². The van der Waals surface area contributed by atoms with Crippen LogP contribution in [0.2, 0.25) is 10.0 Å². The van der Waals surface area contributed by atoms with Crippen LogP contribution in [0.4, 0.5) is 0 Å². The van der Waals surface area contributed by atoms with Crippen LogP contribution in [0.3, 0.4) is 0 Å². The molecule has 0 saturated heterocycles. The van der Waals surface area contributed by atoms with Crippen molar-refractivity contribution in [1.29, 1.82) is 0 Å². The highest BCUT2D eigenvalue weighted by Gasteiger charge is 2.10. The van der Waals surface area contributed by atoms with E-state index in [0.717, 1.165) is 5.56 Å². The van der Waals surface area contributed by atoms with Gasteiger partial charge in [-0.05, 0) is 24.1 Å². The van der Waals surface area contributed by atoms with Gasteiger partial charge in [0, 0.05) is 10.0 Å². The van der Waals surface area contributed by atoms with Crippen molar-refractivity contribution in [3.63, 3.8) is 0 Å². The molecule has 0 saturated carbocycles. The lowest BCUT2D eigenvalue weighted by Gasteiger charge is -2.04. The first-order chi connectivity index (χ1) is 8.60. The zero-order valence-electron chi connectivity index (χ0n) is 9.85. The average molecular weight is 286 g/mol. The maximum atomic E-state index is 9.64. The number of aliphatic hydroxyl groups excluding tert-OH is 1. The topological polar surface area (TPSA) is 50.9 Å². The summed E-state index contributed by atoms with van der Waals surface area (Å²) in [6.07, 6.45) is 1.76. The highest BCUT2D eigenvalue weighted by atomic mass is 35.5. The molecule has 1 heterocycles. The van der Waals surface area contributed by atoms with E-state index >= 15 is 0 Å². The van der Waals surface area contributed by atoms with Gasteiger partial charge in [0.2, 0.25) is 0 Å². The fourth-order valence-electron chi connectivity index (χ4n) is 1.58. The Bertz CT molecular complexity index is 542. The van der Waals surface area contributed by atoms with Gasteiger partial charge in [-0.25, -0.2) is 4.68 Å². The van der Waals surface area contributed by atoms with Crippen molar-refractivity contribution >= 4 is 23.2 Å². The molecule has 1 aromatic heterocycles. The Morgan fingerprint density at radius 3 is 2.83 bits per heavy atom. The molecule has 0 aliphatic heterocycles. The summed E-state index contributed by atoms with van der Waals surface area (Å²) in [5.74, 6) is 0. The summed E-state index contributed by atoms with van der Waals surface area (Å²) in [4.78, 5) is 0. The Balaban J connectivity index is 2.16. The Hall–Kier alpha value is -1.10. The zero-order chi connectivity index (χ0) is 13.1. The molecule has 0 bridgehead atoms. The van der Waals surface area contributed by atoms with Gasteiger partial charge in [0.1, 0.15) is 5.69 Å². The van der Waals surface area contributed by atoms with E-state index in [2.05, 4.69) is 10.3 Å². The standard InChI is InChI=1S/C12H13Cl2N3O/c1-2-12(18)11-7-17(16-15-11)6-8-3-4-9(13)5-10(8)14/h3-5,7,12,18H,2,6H2,1H3. The highest BCUT2D eigenvalue weighted by Crippen LogP contribution is 2.22. The van der Waals surface area contributed by atoms with Crippen molar-refractivity contribution in [2.45, 2.75) is 26.0 Å². The lowest BCUT2D eigenvalue weighted by molar-refractivity contribution is 0.168. The van der Waals surface area contributed by atoms with Gasteiger partial charge in [0.15, 0.2) is 0 Å². The molecule has 1 unspecified atom stereocenters. The summed E-state index contributed by atoms with van der Waals surface area (Å²) in [7, 11) is 0. The average Bonchev–Trinajstić information content (AvgIpc) is 2.80. The van der Waals surface area contributed by atoms with Crippen molar-refractivity contribution < 1.29 is 5.11 Å². The maximum Gasteiger partial charge on any atom is 0.111 e. The number of hydrogen-bond donors (Lipinski definition) is 1. The van der Waals surface area contributed by atoms with Gasteiger partial charge in [0.25, 0.3) is 0 Å². The molecule has 0 aliphatic rings. The number of rotatable bonds is 4. The van der Waals surface area contributed by atoms with Crippen LogP contribution >= 0.6 is 23.2 Å². The quantitative estimate of drug-likeness (QED) is 0.939. The van der Waals surface area contributed by atoms with E-state index in [1.807, 2.05) is 13.0 Å². The summed E-state index contributed by atoms with van der Waals surface area (Å²) in [5, 5.41) is 18.7. The Morgan fingerprint density at radius 2 is 2.17 bits per heavy atom. The molecule has 0 amide bonds. The van der Waals surface area contributed by atoms with Crippen LogP contribution in [0.5, 0.6) is 0 Å². The molecule has 0 aliphatic carbocycles. The summed E-state index contributed by atoms with van der Waals surface area (Å²) in [6, 6.07) is 5.32. The van der Waals surface area contributed by atoms with Gasteiger partial charge in [0.05, 0.1) is 18.8 Å². The lowest BCUT2D eigenvalue weighted by Crippen LogP contribution is -2.01. The fourth-order valence-corrected chi connectivity index (χ4v) is 2.05. The van der Waals surface area contributed by atoms with Crippen molar-refractivity contribution in [2.75, 3.05) is 0 Å². The number of halogens is 2. The Kier molecular flexibility index (Phi) is 4.22. The largest absolute Gasteiger partial charge is 0.387 e. The van der Waals surface area contributed by atoms with Gasteiger partial charge in [-0.15, -0.1) is 5.10 Å². The minimum atomic E-state index is -0.570. The molecule has 18 heavy (non-hydrogen) atoms. The number of hydrogen-bond acceptors (Lipinski definition) is 3. The molecule has 1 aromatic carbocycles. The van der Waals surface area contributed by atoms with E-state index in [0.29, 0.717) is 28.7 Å². The number of benzene rings is 1. The normalized spacial score (nSPS) is 12.7. The van der Waals surface area contributed by atoms with Gasteiger partial charge < -0.3 is 5.11 Å². The molecular formula is C12H13Cl2N3O. The van der Waals surface area contributed by atoms with E-state index in [1.54, 1.807) is 23.0 Å². The monoisotopic (exact) mass is 285 g/mol. The Morgan fingerprint density at radius 1 is 1.39 bits per heavy atom. The van der Waals surface area contributed by atoms with Crippen LogP contribution in [-0.4, -0.2) is 20.1 Å². The van der Waals surface area contributed by atoms with Crippen LogP contribution in [0, 0.1) is 0 Å². The van der Waals surface area contributed by atoms with Crippen LogP contribution in [0.1, 0.15) is 30.7 Å². The van der Waals surface area contributed by atoms with E-state index in [-0.39, 0.29) is 0 Å². The van der Waals surface area contributed by atoms with Crippen molar-refractivity contribution in [2.24, 2.45) is 0 Å². The minimum absolute atomic E-state index is 0.499. The second-order valence-electron chi connectivity index (χ2n) is 4.00. The third kappa shape index (κ3) is 3.02. The van der Waals surface area contributed by atoms with Crippen LogP contribution in [0.25, 0.3) is 0 Å². The molecule has 4 nitrogen and oxygen atoms in total. The molecule has 0 spiro atoms. The van der Waals surface area contributed by atoms with Crippen molar-refractivity contribution in [3.8, 4) is 0 Å². The van der Waals surface area contributed by atoms with Gasteiger partial charge in [-0.1, -0.05) is 41.4 Å². The Labute approximate surface area is 115 Å². The SMILES string of the molecule is CCC(O)c1cn(Cc2ccc(Cl)cc2Cl)nn1. The van der Waals surface area contributed by atoms with E-state index in [4.69, 9.17) is 23.2 Å². The summed E-state index contributed by atoms with van der Waals surface area (Å²) >= 11 is 11.9. The third-order valence-corrected chi connectivity index (χ3v) is 3.22. The first-order valence-corrected chi connectivity index (χ1v) is 6.37. The van der Waals surface area contributed by atoms with Crippen LogP contribution in [-0.2, 0) is 6.54 Å². The molecule has 0 radical (unpaired) electrons. The first kappa shape index (κ1) is 13.3.